The predicted molar refractivity (Wildman–Crippen MR) is 62.4 cm³/mol. The number of hydrogen-bond donors (Lipinski definition) is 2. The van der Waals surface area contributed by atoms with Gasteiger partial charge in [0, 0.05) is 0 Å². The molecule has 0 saturated carbocycles. The lowest BCUT2D eigenvalue weighted by Crippen LogP contribution is -2.20. The lowest BCUT2D eigenvalue weighted by Gasteiger charge is -2.21. The Morgan fingerprint density at radius 2 is 0.500 bits per heavy atom. The maximum absolute atomic E-state index is 13.6. The molecule has 0 aliphatic heterocycles. The van der Waals surface area contributed by atoms with Crippen molar-refractivity contribution in [2.24, 2.45) is 0 Å². The van der Waals surface area contributed by atoms with E-state index in [2.05, 4.69) is 0 Å². The largest absolute Gasteiger partial charge is 0.385 e. The van der Waals surface area contributed by atoms with Crippen LogP contribution in [0.3, 0.4) is 0 Å². The highest BCUT2D eigenvalue weighted by Crippen LogP contribution is 2.38. The van der Waals surface area contributed by atoms with Crippen molar-refractivity contribution in [2.45, 2.75) is 12.2 Å². The molecule has 0 unspecified atom stereocenters. The Balaban J connectivity index is 2.69. The number of aliphatic hydroxyl groups excluding tert-OH is 2. The number of hydrogen-bond acceptors (Lipinski definition) is 2. The Kier molecular flexibility index (Phi) is 5.19. The molecule has 0 aliphatic carbocycles. The van der Waals surface area contributed by atoms with Gasteiger partial charge in [-0.15, -0.1) is 0 Å². The van der Waals surface area contributed by atoms with Crippen molar-refractivity contribution in [3.8, 4) is 0 Å². The Bertz CT molecular complexity index is 767. The fourth-order valence-electron chi connectivity index (χ4n) is 2.08. The zero-order valence-corrected chi connectivity index (χ0v) is 11.8. The number of rotatable bonds is 3. The van der Waals surface area contributed by atoms with E-state index in [4.69, 9.17) is 0 Å². The fourth-order valence-corrected chi connectivity index (χ4v) is 2.08. The molecule has 2 aromatic carbocycles. The van der Waals surface area contributed by atoms with Crippen molar-refractivity contribution in [1.29, 1.82) is 0 Å². The SMILES string of the molecule is O[C@H](c1c(F)c(F)c(F)c(F)c1F)[C@H](O)c1c(F)c(F)c(F)c(F)c1F. The molecule has 2 N–H and O–H groups in total. The Morgan fingerprint density at radius 1 is 0.346 bits per heavy atom. The fraction of sp³-hybridized carbons (Fsp3) is 0.143. The summed E-state index contributed by atoms with van der Waals surface area (Å²) >= 11 is 0. The smallest absolute Gasteiger partial charge is 0.200 e. The van der Waals surface area contributed by atoms with Gasteiger partial charge in [0.15, 0.2) is 46.5 Å². The van der Waals surface area contributed by atoms with Crippen LogP contribution in [0.5, 0.6) is 0 Å². The van der Waals surface area contributed by atoms with E-state index in [9.17, 15) is 54.1 Å². The highest BCUT2D eigenvalue weighted by Gasteiger charge is 2.38. The van der Waals surface area contributed by atoms with Crippen LogP contribution in [0.1, 0.15) is 23.3 Å². The summed E-state index contributed by atoms with van der Waals surface area (Å²) in [5, 5.41) is 19.2. The molecule has 0 bridgehead atoms. The zero-order valence-electron chi connectivity index (χ0n) is 11.8. The molecule has 0 fully saturated rings. The Morgan fingerprint density at radius 3 is 0.692 bits per heavy atom. The molecule has 2 rings (SSSR count). The van der Waals surface area contributed by atoms with Gasteiger partial charge in [-0.05, 0) is 0 Å². The standard InChI is InChI=1S/C14H4F10O2/c15-3-1(4(16)8(20)11(23)7(3)19)13(25)14(26)2-5(17)9(21)12(24)10(22)6(2)18/h13-14,25-26H/t13-,14-/m1/s1. The minimum atomic E-state index is -3.27. The first kappa shape index (κ1) is 20.0. The van der Waals surface area contributed by atoms with E-state index in [0.29, 0.717) is 0 Å². The van der Waals surface area contributed by atoms with Crippen LogP contribution < -0.4 is 0 Å². The Labute approximate surface area is 136 Å². The zero-order chi connectivity index (χ0) is 20.1. The molecule has 0 amide bonds. The van der Waals surface area contributed by atoms with E-state index in [1.807, 2.05) is 0 Å². The molecule has 0 aromatic heterocycles. The normalized spacial score (nSPS) is 13.8. The van der Waals surface area contributed by atoms with Crippen LogP contribution in [0.2, 0.25) is 0 Å². The molecule has 2 nitrogen and oxygen atoms in total. The van der Waals surface area contributed by atoms with Crippen molar-refractivity contribution in [3.63, 3.8) is 0 Å². The molecule has 0 aliphatic rings. The van der Waals surface area contributed by atoms with Gasteiger partial charge in [0.05, 0.1) is 11.1 Å². The number of benzene rings is 2. The van der Waals surface area contributed by atoms with Gasteiger partial charge in [-0.1, -0.05) is 0 Å². The molecule has 0 radical (unpaired) electrons. The summed E-state index contributed by atoms with van der Waals surface area (Å²) in [7, 11) is 0. The third kappa shape index (κ3) is 2.78. The van der Waals surface area contributed by atoms with Gasteiger partial charge >= 0.3 is 0 Å². The third-order valence-electron chi connectivity index (χ3n) is 3.38. The van der Waals surface area contributed by atoms with Gasteiger partial charge in [0.2, 0.25) is 11.6 Å². The van der Waals surface area contributed by atoms with Crippen molar-refractivity contribution < 1.29 is 54.1 Å². The van der Waals surface area contributed by atoms with Gasteiger partial charge in [0.1, 0.15) is 12.2 Å². The maximum atomic E-state index is 13.6. The molecular weight excluding hydrogens is 390 g/mol. The summed E-state index contributed by atoms with van der Waals surface area (Å²) in [6.45, 7) is 0. The molecule has 0 saturated heterocycles. The van der Waals surface area contributed by atoms with Gasteiger partial charge < -0.3 is 10.2 Å². The second-order valence-corrected chi connectivity index (χ2v) is 4.86. The van der Waals surface area contributed by atoms with E-state index in [0.717, 1.165) is 0 Å². The highest BCUT2D eigenvalue weighted by molar-refractivity contribution is 5.32. The lowest BCUT2D eigenvalue weighted by molar-refractivity contribution is 0.00639. The van der Waals surface area contributed by atoms with Crippen LogP contribution in [0.4, 0.5) is 43.9 Å². The van der Waals surface area contributed by atoms with E-state index in [1.54, 1.807) is 0 Å². The van der Waals surface area contributed by atoms with Gasteiger partial charge in [-0.3, -0.25) is 0 Å². The van der Waals surface area contributed by atoms with E-state index < -0.39 is 81.5 Å². The van der Waals surface area contributed by atoms with Crippen LogP contribution >= 0.6 is 0 Å². The second kappa shape index (κ2) is 6.76. The summed E-state index contributed by atoms with van der Waals surface area (Å²) in [5.74, 6) is -26.2. The van der Waals surface area contributed by atoms with Crippen LogP contribution in [0.25, 0.3) is 0 Å². The maximum Gasteiger partial charge on any atom is 0.200 e. The second-order valence-electron chi connectivity index (χ2n) is 4.86. The van der Waals surface area contributed by atoms with Crippen molar-refractivity contribution in [2.75, 3.05) is 0 Å². The van der Waals surface area contributed by atoms with Crippen molar-refractivity contribution in [3.05, 3.63) is 69.3 Å². The quantitative estimate of drug-likeness (QED) is 0.472. The average molecular weight is 394 g/mol. The third-order valence-corrected chi connectivity index (χ3v) is 3.38. The molecule has 0 spiro atoms. The lowest BCUT2D eigenvalue weighted by atomic mass is 9.95. The summed E-state index contributed by atoms with van der Waals surface area (Å²) in [4.78, 5) is 0. The summed E-state index contributed by atoms with van der Waals surface area (Å²) in [6, 6.07) is 0. The molecule has 142 valence electrons. The van der Waals surface area contributed by atoms with E-state index in [-0.39, 0.29) is 0 Å². The monoisotopic (exact) mass is 394 g/mol. The molecule has 0 heterocycles. The molecule has 12 heteroatoms. The molecule has 26 heavy (non-hydrogen) atoms. The topological polar surface area (TPSA) is 40.5 Å². The van der Waals surface area contributed by atoms with Gasteiger partial charge in [-0.25, -0.2) is 43.9 Å². The first-order valence-electron chi connectivity index (χ1n) is 6.32. The van der Waals surface area contributed by atoms with Gasteiger partial charge in [0.25, 0.3) is 0 Å². The minimum absolute atomic E-state index is 2.13. The van der Waals surface area contributed by atoms with Crippen LogP contribution in [-0.2, 0) is 0 Å². The number of halogens is 10. The molecule has 2 aromatic rings. The predicted octanol–water partition coefficient (Wildman–Crippen LogP) is 3.84. The van der Waals surface area contributed by atoms with E-state index >= 15 is 0 Å². The summed E-state index contributed by atoms with van der Waals surface area (Å²) < 4.78 is 133. The highest BCUT2D eigenvalue weighted by atomic mass is 19.2. The number of aliphatic hydroxyl groups is 2. The first-order chi connectivity index (χ1) is 11.9. The van der Waals surface area contributed by atoms with Crippen LogP contribution in [-0.4, -0.2) is 10.2 Å². The van der Waals surface area contributed by atoms with Gasteiger partial charge in [-0.2, -0.15) is 0 Å². The first-order valence-corrected chi connectivity index (χ1v) is 6.32. The molecular formula is C14H4F10O2. The van der Waals surface area contributed by atoms with Crippen molar-refractivity contribution in [1.82, 2.24) is 0 Å². The molecule has 2 atom stereocenters. The van der Waals surface area contributed by atoms with Crippen molar-refractivity contribution >= 4 is 0 Å². The van der Waals surface area contributed by atoms with Crippen LogP contribution in [0.15, 0.2) is 0 Å². The summed E-state index contributed by atoms with van der Waals surface area (Å²) in [6.07, 6.45) is -6.54. The summed E-state index contributed by atoms with van der Waals surface area (Å²) in [5.41, 5.74) is -4.25. The van der Waals surface area contributed by atoms with Crippen LogP contribution in [0, 0.1) is 58.2 Å². The Hall–Kier alpha value is -2.34. The van der Waals surface area contributed by atoms with E-state index in [1.165, 1.54) is 0 Å². The minimum Gasteiger partial charge on any atom is -0.385 e. The average Bonchev–Trinajstić information content (AvgIpc) is 2.61.